The maximum Gasteiger partial charge on any atom is 0.333 e. The van der Waals surface area contributed by atoms with Crippen molar-refractivity contribution < 1.29 is 14.6 Å². The Labute approximate surface area is 104 Å². The maximum atomic E-state index is 10.8. The molecule has 0 saturated carbocycles. The number of rotatable bonds is 6. The van der Waals surface area contributed by atoms with E-state index in [9.17, 15) is 4.79 Å². The third-order valence-electron chi connectivity index (χ3n) is 1.84. The van der Waals surface area contributed by atoms with Gasteiger partial charge in [-0.2, -0.15) is 0 Å². The van der Waals surface area contributed by atoms with Crippen LogP contribution < -0.4 is 0 Å². The van der Waals surface area contributed by atoms with Crippen LogP contribution in [0.4, 0.5) is 0 Å². The van der Waals surface area contributed by atoms with Crippen LogP contribution >= 0.6 is 23.4 Å². The molecule has 1 rings (SSSR count). The molecule has 0 spiro atoms. The average molecular weight is 261 g/mol. The van der Waals surface area contributed by atoms with E-state index in [4.69, 9.17) is 21.4 Å². The lowest BCUT2D eigenvalue weighted by molar-refractivity contribution is -0.148. The van der Waals surface area contributed by atoms with Gasteiger partial charge < -0.3 is 9.84 Å². The van der Waals surface area contributed by atoms with Crippen LogP contribution in [-0.4, -0.2) is 29.5 Å². The lowest BCUT2D eigenvalue weighted by Crippen LogP contribution is -2.26. The number of halogens is 1. The summed E-state index contributed by atoms with van der Waals surface area (Å²) < 4.78 is 5.10. The zero-order chi connectivity index (χ0) is 12.0. The van der Waals surface area contributed by atoms with Crippen LogP contribution in [0.3, 0.4) is 0 Å². The van der Waals surface area contributed by atoms with E-state index in [1.165, 1.54) is 11.8 Å². The predicted octanol–water partition coefficient (Wildman–Crippen LogP) is 2.92. The summed E-state index contributed by atoms with van der Waals surface area (Å²) in [6.45, 7) is 2.17. The van der Waals surface area contributed by atoms with Crippen molar-refractivity contribution in [3.05, 3.63) is 29.3 Å². The first-order chi connectivity index (χ1) is 7.63. The van der Waals surface area contributed by atoms with Crippen LogP contribution in [0.1, 0.15) is 6.92 Å². The van der Waals surface area contributed by atoms with Crippen molar-refractivity contribution in [1.82, 2.24) is 0 Å². The second kappa shape index (κ2) is 6.78. The molecule has 5 heteroatoms. The standard InChI is InChI=1S/C11H13ClO3S/c1-2-15-10(11(13)14)7-16-9-5-3-4-8(12)6-9/h3-6,10H,2,7H2,1H3,(H,13,14). The molecule has 0 aliphatic heterocycles. The van der Waals surface area contributed by atoms with E-state index >= 15 is 0 Å². The van der Waals surface area contributed by atoms with Gasteiger partial charge in [0.05, 0.1) is 0 Å². The summed E-state index contributed by atoms with van der Waals surface area (Å²) in [5, 5.41) is 9.52. The Bertz CT molecular complexity index is 357. The summed E-state index contributed by atoms with van der Waals surface area (Å²) in [5.41, 5.74) is 0. The highest BCUT2D eigenvalue weighted by Crippen LogP contribution is 2.22. The number of carboxylic acids is 1. The summed E-state index contributed by atoms with van der Waals surface area (Å²) in [7, 11) is 0. The fourth-order valence-corrected chi connectivity index (χ4v) is 2.34. The number of carbonyl (C=O) groups is 1. The van der Waals surface area contributed by atoms with Gasteiger partial charge in [0, 0.05) is 22.3 Å². The Hall–Kier alpha value is -0.710. The molecule has 0 bridgehead atoms. The Morgan fingerprint density at radius 2 is 2.38 bits per heavy atom. The largest absolute Gasteiger partial charge is 0.479 e. The number of benzene rings is 1. The lowest BCUT2D eigenvalue weighted by atomic mass is 10.4. The first-order valence-corrected chi connectivity index (χ1v) is 6.22. The van der Waals surface area contributed by atoms with Crippen molar-refractivity contribution >= 4 is 29.3 Å². The van der Waals surface area contributed by atoms with Crippen molar-refractivity contribution in [2.75, 3.05) is 12.4 Å². The molecule has 1 N–H and O–H groups in total. The quantitative estimate of drug-likeness (QED) is 0.799. The van der Waals surface area contributed by atoms with Gasteiger partial charge in [0.25, 0.3) is 0 Å². The highest BCUT2D eigenvalue weighted by Gasteiger charge is 2.17. The zero-order valence-electron chi connectivity index (χ0n) is 8.85. The highest BCUT2D eigenvalue weighted by molar-refractivity contribution is 7.99. The van der Waals surface area contributed by atoms with Crippen molar-refractivity contribution in [3.8, 4) is 0 Å². The molecule has 0 heterocycles. The number of carboxylic acid groups (broad SMARTS) is 1. The van der Waals surface area contributed by atoms with Gasteiger partial charge in [-0.25, -0.2) is 4.79 Å². The average Bonchev–Trinajstić information content (AvgIpc) is 2.24. The van der Waals surface area contributed by atoms with E-state index in [0.717, 1.165) is 4.90 Å². The summed E-state index contributed by atoms with van der Waals surface area (Å²) in [6.07, 6.45) is -0.769. The van der Waals surface area contributed by atoms with Gasteiger partial charge in [-0.1, -0.05) is 17.7 Å². The summed E-state index contributed by atoms with van der Waals surface area (Å²) >= 11 is 7.24. The fraction of sp³-hybridized carbons (Fsp3) is 0.364. The number of hydrogen-bond acceptors (Lipinski definition) is 3. The second-order valence-corrected chi connectivity index (χ2v) is 4.58. The Morgan fingerprint density at radius 1 is 1.62 bits per heavy atom. The SMILES string of the molecule is CCOC(CSc1cccc(Cl)c1)C(=O)O. The highest BCUT2D eigenvalue weighted by atomic mass is 35.5. The molecule has 0 saturated heterocycles. The number of ether oxygens (including phenoxy) is 1. The summed E-state index contributed by atoms with van der Waals surface area (Å²) in [6, 6.07) is 7.31. The van der Waals surface area contributed by atoms with Gasteiger partial charge in [-0.15, -0.1) is 11.8 Å². The van der Waals surface area contributed by atoms with Crippen LogP contribution in [0.15, 0.2) is 29.2 Å². The maximum absolute atomic E-state index is 10.8. The third kappa shape index (κ3) is 4.43. The van der Waals surface area contributed by atoms with Crippen molar-refractivity contribution in [3.63, 3.8) is 0 Å². The molecule has 3 nitrogen and oxygen atoms in total. The van der Waals surface area contributed by atoms with Crippen molar-refractivity contribution in [2.45, 2.75) is 17.9 Å². The smallest absolute Gasteiger partial charge is 0.333 e. The van der Waals surface area contributed by atoms with E-state index in [0.29, 0.717) is 17.4 Å². The monoisotopic (exact) mass is 260 g/mol. The van der Waals surface area contributed by atoms with E-state index in [2.05, 4.69) is 0 Å². The van der Waals surface area contributed by atoms with Crippen LogP contribution in [0.5, 0.6) is 0 Å². The number of aliphatic carboxylic acids is 1. The topological polar surface area (TPSA) is 46.5 Å². The molecule has 0 aliphatic rings. The minimum Gasteiger partial charge on any atom is -0.479 e. The Kier molecular flexibility index (Phi) is 5.66. The number of thioether (sulfide) groups is 1. The molecule has 1 atom stereocenters. The first-order valence-electron chi connectivity index (χ1n) is 4.86. The second-order valence-electron chi connectivity index (χ2n) is 3.05. The molecule has 1 unspecified atom stereocenters. The van der Waals surface area contributed by atoms with Crippen molar-refractivity contribution in [2.24, 2.45) is 0 Å². The van der Waals surface area contributed by atoms with Gasteiger partial charge in [0.1, 0.15) is 0 Å². The minimum atomic E-state index is -0.934. The predicted molar refractivity (Wildman–Crippen MR) is 65.2 cm³/mol. The molecule has 16 heavy (non-hydrogen) atoms. The molecule has 0 aromatic heterocycles. The van der Waals surface area contributed by atoms with Gasteiger partial charge in [-0.05, 0) is 25.1 Å². The fourth-order valence-electron chi connectivity index (χ4n) is 1.12. The molecule has 0 aliphatic carbocycles. The number of hydrogen-bond donors (Lipinski definition) is 1. The van der Waals surface area contributed by atoms with Gasteiger partial charge >= 0.3 is 5.97 Å². The van der Waals surface area contributed by atoms with Crippen molar-refractivity contribution in [1.29, 1.82) is 0 Å². The molecule has 0 radical (unpaired) electrons. The van der Waals surface area contributed by atoms with Crippen LogP contribution in [-0.2, 0) is 9.53 Å². The summed E-state index contributed by atoms with van der Waals surface area (Å²) in [4.78, 5) is 11.8. The van der Waals surface area contributed by atoms with Gasteiger partial charge in [-0.3, -0.25) is 0 Å². The molecular formula is C11H13ClO3S. The summed E-state index contributed by atoms with van der Waals surface area (Å²) in [5.74, 6) is -0.555. The van der Waals surface area contributed by atoms with Crippen LogP contribution in [0.2, 0.25) is 5.02 Å². The van der Waals surface area contributed by atoms with Crippen LogP contribution in [0, 0.1) is 0 Å². The molecule has 1 aromatic rings. The Morgan fingerprint density at radius 3 is 2.94 bits per heavy atom. The third-order valence-corrected chi connectivity index (χ3v) is 3.13. The molecule has 88 valence electrons. The zero-order valence-corrected chi connectivity index (χ0v) is 10.4. The molecular weight excluding hydrogens is 248 g/mol. The van der Waals surface area contributed by atoms with E-state index in [-0.39, 0.29) is 0 Å². The first kappa shape index (κ1) is 13.4. The normalized spacial score (nSPS) is 12.4. The molecule has 1 aromatic carbocycles. The molecule has 0 amide bonds. The molecule has 0 fully saturated rings. The van der Waals surface area contributed by atoms with Crippen LogP contribution in [0.25, 0.3) is 0 Å². The van der Waals surface area contributed by atoms with E-state index in [1.54, 1.807) is 19.1 Å². The van der Waals surface area contributed by atoms with E-state index < -0.39 is 12.1 Å². The van der Waals surface area contributed by atoms with E-state index in [1.807, 2.05) is 12.1 Å². The van der Waals surface area contributed by atoms with Gasteiger partial charge in [0.15, 0.2) is 6.10 Å². The Balaban J connectivity index is 2.51. The van der Waals surface area contributed by atoms with Gasteiger partial charge in [0.2, 0.25) is 0 Å². The minimum absolute atomic E-state index is 0.378. The lowest BCUT2D eigenvalue weighted by Gasteiger charge is -2.11.